The topological polar surface area (TPSA) is 59.8 Å². The largest absolute Gasteiger partial charge is 0.325 e. The molecule has 4 aromatic rings. The van der Waals surface area contributed by atoms with E-state index < -0.39 is 0 Å². The zero-order valence-electron chi connectivity index (χ0n) is 15.7. The third-order valence-corrected chi connectivity index (χ3v) is 5.55. The maximum atomic E-state index is 12.8. The molecule has 1 N–H and O–H groups in total. The van der Waals surface area contributed by atoms with Gasteiger partial charge in [-0.15, -0.1) is 10.2 Å². The van der Waals surface area contributed by atoms with Crippen molar-refractivity contribution in [2.75, 3.05) is 5.32 Å². The lowest BCUT2D eigenvalue weighted by molar-refractivity contribution is -0.115. The van der Waals surface area contributed by atoms with Crippen LogP contribution in [0.1, 0.15) is 12.7 Å². The summed E-state index contributed by atoms with van der Waals surface area (Å²) in [5, 5.41) is 14.0. The number of fused-ring (bicyclic) bond motifs is 1. The standard InChI is InChI=1S/C22H20N4OS/c1-15(21(27)23-20-14-8-10-17-9-6-7-13-19(17)20)28-22-25-24-16(2)26(22)18-11-4-3-5-12-18/h3-15H,1-2H3,(H,23,27). The SMILES string of the molecule is Cc1nnc(SC(C)C(=O)Nc2cccc3ccccc23)n1-c1ccccc1. The van der Waals surface area contributed by atoms with Crippen LogP contribution in [0.25, 0.3) is 16.5 Å². The smallest absolute Gasteiger partial charge is 0.237 e. The van der Waals surface area contributed by atoms with Crippen LogP contribution in [-0.2, 0) is 4.79 Å². The molecule has 3 aromatic carbocycles. The fourth-order valence-electron chi connectivity index (χ4n) is 3.07. The van der Waals surface area contributed by atoms with Crippen LogP contribution in [-0.4, -0.2) is 25.9 Å². The first-order chi connectivity index (χ1) is 13.6. The molecule has 0 fully saturated rings. The van der Waals surface area contributed by atoms with E-state index in [9.17, 15) is 4.79 Å². The summed E-state index contributed by atoms with van der Waals surface area (Å²) < 4.78 is 1.96. The molecule has 0 saturated carbocycles. The third-order valence-electron chi connectivity index (χ3n) is 4.51. The zero-order chi connectivity index (χ0) is 19.5. The van der Waals surface area contributed by atoms with Gasteiger partial charge in [0.1, 0.15) is 5.82 Å². The lowest BCUT2D eigenvalue weighted by Gasteiger charge is -2.14. The second kappa shape index (κ2) is 7.86. The number of carbonyl (C=O) groups is 1. The third kappa shape index (κ3) is 3.64. The molecule has 28 heavy (non-hydrogen) atoms. The van der Waals surface area contributed by atoms with E-state index in [-0.39, 0.29) is 11.2 Å². The minimum absolute atomic E-state index is 0.0679. The van der Waals surface area contributed by atoms with Crippen LogP contribution in [0.3, 0.4) is 0 Å². The molecular formula is C22H20N4OS. The van der Waals surface area contributed by atoms with Crippen molar-refractivity contribution in [2.45, 2.75) is 24.3 Å². The van der Waals surface area contributed by atoms with Crippen molar-refractivity contribution >= 4 is 34.1 Å². The summed E-state index contributed by atoms with van der Waals surface area (Å²) in [6, 6.07) is 23.8. The van der Waals surface area contributed by atoms with Crippen molar-refractivity contribution in [3.05, 3.63) is 78.6 Å². The Balaban J connectivity index is 1.55. The van der Waals surface area contributed by atoms with Crippen molar-refractivity contribution in [1.29, 1.82) is 0 Å². The molecule has 1 aromatic heterocycles. The lowest BCUT2D eigenvalue weighted by Crippen LogP contribution is -2.23. The number of hydrogen-bond donors (Lipinski definition) is 1. The molecule has 1 amide bonds. The molecule has 4 rings (SSSR count). The first kappa shape index (κ1) is 18.3. The summed E-state index contributed by atoms with van der Waals surface area (Å²) >= 11 is 1.40. The number of anilines is 1. The molecule has 6 heteroatoms. The zero-order valence-corrected chi connectivity index (χ0v) is 16.5. The Kier molecular flexibility index (Phi) is 5.12. The van der Waals surface area contributed by atoms with Crippen molar-refractivity contribution in [3.63, 3.8) is 0 Å². The van der Waals surface area contributed by atoms with Gasteiger partial charge < -0.3 is 5.32 Å². The van der Waals surface area contributed by atoms with E-state index in [4.69, 9.17) is 0 Å². The molecule has 1 atom stereocenters. The first-order valence-electron chi connectivity index (χ1n) is 9.06. The van der Waals surface area contributed by atoms with Gasteiger partial charge in [-0.05, 0) is 37.4 Å². The molecule has 0 spiro atoms. The van der Waals surface area contributed by atoms with E-state index in [1.54, 1.807) is 0 Å². The summed E-state index contributed by atoms with van der Waals surface area (Å²) in [4.78, 5) is 12.8. The molecule has 0 bridgehead atoms. The highest BCUT2D eigenvalue weighted by Gasteiger charge is 2.20. The minimum Gasteiger partial charge on any atom is -0.325 e. The summed E-state index contributed by atoms with van der Waals surface area (Å²) in [6.07, 6.45) is 0. The predicted octanol–water partition coefficient (Wildman–Crippen LogP) is 4.85. The normalized spacial score (nSPS) is 12.1. The second-order valence-electron chi connectivity index (χ2n) is 6.48. The number of aryl methyl sites for hydroxylation is 1. The summed E-state index contributed by atoms with van der Waals surface area (Å²) in [6.45, 7) is 3.79. The van der Waals surface area contributed by atoms with Gasteiger partial charge in [0.15, 0.2) is 5.16 Å². The Labute approximate surface area is 167 Å². The fraction of sp³-hybridized carbons (Fsp3) is 0.136. The average Bonchev–Trinajstić information content (AvgIpc) is 3.09. The van der Waals surface area contributed by atoms with Gasteiger partial charge in [-0.2, -0.15) is 0 Å². The maximum Gasteiger partial charge on any atom is 0.237 e. The van der Waals surface area contributed by atoms with Crippen LogP contribution in [0.4, 0.5) is 5.69 Å². The van der Waals surface area contributed by atoms with E-state index in [2.05, 4.69) is 15.5 Å². The molecule has 5 nitrogen and oxygen atoms in total. The number of amides is 1. The van der Waals surface area contributed by atoms with Gasteiger partial charge in [0.2, 0.25) is 5.91 Å². The summed E-state index contributed by atoms with van der Waals surface area (Å²) in [5.41, 5.74) is 1.80. The van der Waals surface area contributed by atoms with Crippen LogP contribution in [0, 0.1) is 6.92 Å². The molecule has 0 aliphatic heterocycles. The van der Waals surface area contributed by atoms with Gasteiger partial charge >= 0.3 is 0 Å². The second-order valence-corrected chi connectivity index (χ2v) is 7.78. The number of carbonyl (C=O) groups excluding carboxylic acids is 1. The minimum atomic E-state index is -0.329. The summed E-state index contributed by atoms with van der Waals surface area (Å²) in [5.74, 6) is 0.719. The number of rotatable bonds is 5. The molecule has 0 radical (unpaired) electrons. The Morgan fingerprint density at radius 2 is 1.68 bits per heavy atom. The van der Waals surface area contributed by atoms with E-state index in [1.165, 1.54) is 11.8 Å². The Morgan fingerprint density at radius 1 is 0.964 bits per heavy atom. The molecule has 140 valence electrons. The van der Waals surface area contributed by atoms with Crippen molar-refractivity contribution in [3.8, 4) is 5.69 Å². The van der Waals surface area contributed by atoms with Crippen molar-refractivity contribution in [1.82, 2.24) is 14.8 Å². The average molecular weight is 388 g/mol. The van der Waals surface area contributed by atoms with Gasteiger partial charge in [-0.25, -0.2) is 0 Å². The van der Waals surface area contributed by atoms with Crippen molar-refractivity contribution in [2.24, 2.45) is 0 Å². The van der Waals surface area contributed by atoms with Crippen LogP contribution in [0.5, 0.6) is 0 Å². The Bertz CT molecular complexity index is 1120. The highest BCUT2D eigenvalue weighted by molar-refractivity contribution is 8.00. The molecule has 0 aliphatic rings. The Hall–Kier alpha value is -3.12. The molecule has 1 heterocycles. The number of para-hydroxylation sites is 1. The quantitative estimate of drug-likeness (QED) is 0.497. The lowest BCUT2D eigenvalue weighted by atomic mass is 10.1. The molecular weight excluding hydrogens is 368 g/mol. The summed E-state index contributed by atoms with van der Waals surface area (Å²) in [7, 11) is 0. The van der Waals surface area contributed by atoms with Gasteiger partial charge in [0.05, 0.1) is 5.25 Å². The van der Waals surface area contributed by atoms with E-state index in [1.807, 2.05) is 91.2 Å². The first-order valence-corrected chi connectivity index (χ1v) is 9.94. The van der Waals surface area contributed by atoms with E-state index in [0.717, 1.165) is 28.0 Å². The van der Waals surface area contributed by atoms with Crippen LogP contribution in [0.15, 0.2) is 78.0 Å². The van der Waals surface area contributed by atoms with Gasteiger partial charge in [0, 0.05) is 16.8 Å². The number of thioether (sulfide) groups is 1. The highest BCUT2D eigenvalue weighted by atomic mass is 32.2. The van der Waals surface area contributed by atoms with Gasteiger partial charge in [-0.1, -0.05) is 66.4 Å². The van der Waals surface area contributed by atoms with Crippen LogP contribution in [0.2, 0.25) is 0 Å². The van der Waals surface area contributed by atoms with Gasteiger partial charge in [-0.3, -0.25) is 9.36 Å². The number of hydrogen-bond acceptors (Lipinski definition) is 4. The van der Waals surface area contributed by atoms with Crippen molar-refractivity contribution < 1.29 is 4.79 Å². The Morgan fingerprint density at radius 3 is 2.50 bits per heavy atom. The molecule has 0 saturated heterocycles. The number of nitrogens with zero attached hydrogens (tertiary/aromatic N) is 3. The van der Waals surface area contributed by atoms with Crippen LogP contribution >= 0.6 is 11.8 Å². The number of aromatic nitrogens is 3. The van der Waals surface area contributed by atoms with E-state index >= 15 is 0 Å². The number of benzene rings is 3. The molecule has 1 unspecified atom stereocenters. The highest BCUT2D eigenvalue weighted by Crippen LogP contribution is 2.28. The van der Waals surface area contributed by atoms with Gasteiger partial charge in [0.25, 0.3) is 0 Å². The fourth-order valence-corrected chi connectivity index (χ4v) is 3.99. The monoisotopic (exact) mass is 388 g/mol. The molecule has 0 aliphatic carbocycles. The predicted molar refractivity (Wildman–Crippen MR) is 114 cm³/mol. The maximum absolute atomic E-state index is 12.8. The number of nitrogens with one attached hydrogen (secondary N) is 1. The van der Waals surface area contributed by atoms with Crippen LogP contribution < -0.4 is 5.32 Å². The van der Waals surface area contributed by atoms with E-state index in [0.29, 0.717) is 5.16 Å².